The van der Waals surface area contributed by atoms with Crippen LogP contribution in [0.4, 0.5) is 0 Å². The number of rotatable bonds is 6. The van der Waals surface area contributed by atoms with Crippen LogP contribution < -0.4 is 5.32 Å². The van der Waals surface area contributed by atoms with Crippen LogP contribution in [0, 0.1) is 5.92 Å². The Bertz CT molecular complexity index is 636. The maximum atomic E-state index is 12.4. The Morgan fingerprint density at radius 2 is 2.00 bits per heavy atom. The van der Waals surface area contributed by atoms with Crippen molar-refractivity contribution in [2.45, 2.75) is 38.7 Å². The molecule has 1 heterocycles. The van der Waals surface area contributed by atoms with Crippen LogP contribution in [0.2, 0.25) is 0 Å². The zero-order valence-electron chi connectivity index (χ0n) is 14.8. The smallest absolute Gasteiger partial charge is 0.259 e. The predicted molar refractivity (Wildman–Crippen MR) is 96.9 cm³/mol. The molecule has 1 aromatic rings. The molecule has 5 nitrogen and oxygen atoms in total. The molecule has 2 atom stereocenters. The molecule has 1 aromatic carbocycles. The van der Waals surface area contributed by atoms with E-state index in [0.717, 1.165) is 12.0 Å². The van der Waals surface area contributed by atoms with E-state index in [1.165, 1.54) is 24.2 Å². The van der Waals surface area contributed by atoms with Gasteiger partial charge in [0.1, 0.15) is 6.54 Å². The average Bonchev–Trinajstić information content (AvgIpc) is 2.85. The van der Waals surface area contributed by atoms with E-state index in [2.05, 4.69) is 18.8 Å². The lowest BCUT2D eigenvalue weighted by Crippen LogP contribution is -2.38. The predicted octanol–water partition coefficient (Wildman–Crippen LogP) is 2.82. The summed E-state index contributed by atoms with van der Waals surface area (Å²) in [4.78, 5) is 26.0. The highest BCUT2D eigenvalue weighted by Crippen LogP contribution is 2.30. The molecular weight excluding hydrogens is 316 g/mol. The van der Waals surface area contributed by atoms with Crippen molar-refractivity contribution in [3.63, 3.8) is 0 Å². The lowest BCUT2D eigenvalue weighted by atomic mass is 9.88. The zero-order valence-corrected chi connectivity index (χ0v) is 14.8. The van der Waals surface area contributed by atoms with Crippen molar-refractivity contribution in [3.05, 3.63) is 42.0 Å². The van der Waals surface area contributed by atoms with E-state index in [4.69, 9.17) is 4.74 Å². The molecule has 2 aliphatic rings. The van der Waals surface area contributed by atoms with Crippen molar-refractivity contribution in [3.8, 4) is 0 Å². The normalized spacial score (nSPS) is 22.8. The lowest BCUT2D eigenvalue weighted by Gasteiger charge is -2.28. The van der Waals surface area contributed by atoms with Gasteiger partial charge in [-0.25, -0.2) is 0 Å². The van der Waals surface area contributed by atoms with E-state index >= 15 is 0 Å². The first-order valence-electron chi connectivity index (χ1n) is 9.06. The van der Waals surface area contributed by atoms with Gasteiger partial charge in [0.05, 0.1) is 12.7 Å². The fourth-order valence-electron chi connectivity index (χ4n) is 3.63. The molecule has 1 aliphatic carbocycles. The summed E-state index contributed by atoms with van der Waals surface area (Å²) in [5.41, 5.74) is 1.99. The molecule has 5 heteroatoms. The van der Waals surface area contributed by atoms with Crippen LogP contribution in [0.5, 0.6) is 0 Å². The summed E-state index contributed by atoms with van der Waals surface area (Å²) in [7, 11) is 0. The van der Waals surface area contributed by atoms with Gasteiger partial charge in [-0.05, 0) is 24.8 Å². The molecule has 25 heavy (non-hydrogen) atoms. The van der Waals surface area contributed by atoms with E-state index in [-0.39, 0.29) is 18.4 Å². The average molecular weight is 342 g/mol. The third kappa shape index (κ3) is 3.93. The molecule has 0 saturated heterocycles. The van der Waals surface area contributed by atoms with Gasteiger partial charge in [0, 0.05) is 23.4 Å². The summed E-state index contributed by atoms with van der Waals surface area (Å²) in [5, 5.41) is 2.83. The van der Waals surface area contributed by atoms with Gasteiger partial charge in [0.15, 0.2) is 0 Å². The van der Waals surface area contributed by atoms with Gasteiger partial charge in [-0.15, -0.1) is 0 Å². The topological polar surface area (TPSA) is 58.6 Å². The molecule has 3 rings (SSSR count). The number of hydrogen-bond acceptors (Lipinski definition) is 3. The number of nitrogens with zero attached hydrogens (tertiary/aromatic N) is 1. The minimum atomic E-state index is -0.192. The Morgan fingerprint density at radius 3 is 2.72 bits per heavy atom. The van der Waals surface area contributed by atoms with Gasteiger partial charge in [-0.3, -0.25) is 14.5 Å². The highest BCUT2D eigenvalue weighted by Gasteiger charge is 2.31. The molecular formula is C20H26N2O3. The van der Waals surface area contributed by atoms with Crippen molar-refractivity contribution in [2.24, 2.45) is 5.92 Å². The third-order valence-electron chi connectivity index (χ3n) is 5.13. The number of carbonyl (C=O) groups excluding carboxylic acids is 2. The fourth-order valence-corrected chi connectivity index (χ4v) is 3.63. The van der Waals surface area contributed by atoms with Crippen molar-refractivity contribution >= 4 is 17.5 Å². The van der Waals surface area contributed by atoms with E-state index in [1.54, 1.807) is 6.07 Å². The SMILES string of the molecule is C=C1c2ccccc2C(=O)N1CC(=O)NCCO[C@H]1CCCC[C@H]1C. The largest absolute Gasteiger partial charge is 0.376 e. The molecule has 0 unspecified atom stereocenters. The second kappa shape index (κ2) is 7.83. The van der Waals surface area contributed by atoms with Crippen molar-refractivity contribution in [1.82, 2.24) is 10.2 Å². The number of carbonyl (C=O) groups is 2. The number of hydrogen-bond donors (Lipinski definition) is 1. The number of amides is 2. The highest BCUT2D eigenvalue weighted by molar-refractivity contribution is 6.10. The van der Waals surface area contributed by atoms with Crippen LogP contribution in [0.3, 0.4) is 0 Å². The van der Waals surface area contributed by atoms with E-state index in [1.807, 2.05) is 18.2 Å². The highest BCUT2D eigenvalue weighted by atomic mass is 16.5. The van der Waals surface area contributed by atoms with Gasteiger partial charge in [-0.2, -0.15) is 0 Å². The molecule has 1 fully saturated rings. The van der Waals surface area contributed by atoms with Gasteiger partial charge in [-0.1, -0.05) is 44.5 Å². The van der Waals surface area contributed by atoms with Crippen LogP contribution in [-0.4, -0.2) is 42.5 Å². The Hall–Kier alpha value is -2.14. The van der Waals surface area contributed by atoms with Crippen molar-refractivity contribution in [2.75, 3.05) is 19.7 Å². The van der Waals surface area contributed by atoms with E-state index in [9.17, 15) is 9.59 Å². The summed E-state index contributed by atoms with van der Waals surface area (Å²) in [6.07, 6.45) is 5.14. The monoisotopic (exact) mass is 342 g/mol. The summed E-state index contributed by atoms with van der Waals surface area (Å²) >= 11 is 0. The Balaban J connectivity index is 1.43. The minimum Gasteiger partial charge on any atom is -0.376 e. The standard InChI is InChI=1S/C20H26N2O3/c1-14-7-3-6-10-18(14)25-12-11-21-19(23)13-22-15(2)16-8-4-5-9-17(16)20(22)24/h4-5,8-9,14,18H,2-3,6-7,10-13H2,1H3,(H,21,23)/t14-,18+/m1/s1. The van der Waals surface area contributed by atoms with Gasteiger partial charge in [0.25, 0.3) is 5.91 Å². The summed E-state index contributed by atoms with van der Waals surface area (Å²) in [6.45, 7) is 7.14. The van der Waals surface area contributed by atoms with Gasteiger partial charge in [0.2, 0.25) is 5.91 Å². The Kier molecular flexibility index (Phi) is 5.53. The third-order valence-corrected chi connectivity index (χ3v) is 5.13. The molecule has 1 saturated carbocycles. The molecule has 1 N–H and O–H groups in total. The molecule has 0 radical (unpaired) electrons. The number of benzene rings is 1. The van der Waals surface area contributed by atoms with Crippen LogP contribution >= 0.6 is 0 Å². The second-order valence-corrected chi connectivity index (χ2v) is 6.90. The second-order valence-electron chi connectivity index (χ2n) is 6.90. The minimum absolute atomic E-state index is 0.00776. The van der Waals surface area contributed by atoms with Crippen LogP contribution in [0.15, 0.2) is 30.8 Å². The van der Waals surface area contributed by atoms with Gasteiger partial charge < -0.3 is 10.1 Å². The van der Waals surface area contributed by atoms with Crippen molar-refractivity contribution < 1.29 is 14.3 Å². The molecule has 1 aliphatic heterocycles. The molecule has 0 bridgehead atoms. The molecule has 0 spiro atoms. The first kappa shape index (κ1) is 17.7. The zero-order chi connectivity index (χ0) is 17.8. The first-order chi connectivity index (χ1) is 12.1. The molecule has 2 amide bonds. The fraction of sp³-hybridized carbons (Fsp3) is 0.500. The number of nitrogens with one attached hydrogen (secondary N) is 1. The van der Waals surface area contributed by atoms with Gasteiger partial charge >= 0.3 is 0 Å². The summed E-state index contributed by atoms with van der Waals surface area (Å²) < 4.78 is 5.90. The van der Waals surface area contributed by atoms with E-state index in [0.29, 0.717) is 36.4 Å². The summed E-state index contributed by atoms with van der Waals surface area (Å²) in [5.74, 6) is 0.235. The Morgan fingerprint density at radius 1 is 1.28 bits per heavy atom. The quantitative estimate of drug-likeness (QED) is 0.809. The number of ether oxygens (including phenoxy) is 1. The van der Waals surface area contributed by atoms with Crippen LogP contribution in [-0.2, 0) is 9.53 Å². The first-order valence-corrected chi connectivity index (χ1v) is 9.06. The van der Waals surface area contributed by atoms with Crippen LogP contribution in [0.25, 0.3) is 5.70 Å². The maximum Gasteiger partial charge on any atom is 0.259 e. The van der Waals surface area contributed by atoms with Crippen LogP contribution in [0.1, 0.15) is 48.5 Å². The lowest BCUT2D eigenvalue weighted by molar-refractivity contribution is -0.121. The van der Waals surface area contributed by atoms with E-state index < -0.39 is 0 Å². The summed E-state index contributed by atoms with van der Waals surface area (Å²) in [6, 6.07) is 7.30. The maximum absolute atomic E-state index is 12.4. The molecule has 134 valence electrons. The Labute approximate surface area is 149 Å². The number of fused-ring (bicyclic) bond motifs is 1. The van der Waals surface area contributed by atoms with Crippen molar-refractivity contribution in [1.29, 1.82) is 0 Å². The molecule has 0 aromatic heterocycles.